The molecule has 0 unspecified atom stereocenters. The van der Waals surface area contributed by atoms with Crippen LogP contribution in [0, 0.1) is 0 Å². The second-order valence-electron chi connectivity index (χ2n) is 3.69. The Labute approximate surface area is 109 Å². The van der Waals surface area contributed by atoms with Crippen LogP contribution in [0.1, 0.15) is 15.2 Å². The van der Waals surface area contributed by atoms with E-state index in [0.717, 1.165) is 0 Å². The first kappa shape index (κ1) is 12.5. The first-order chi connectivity index (χ1) is 8.72. The van der Waals surface area contributed by atoms with Gasteiger partial charge in [-0.3, -0.25) is 0 Å². The van der Waals surface area contributed by atoms with Crippen LogP contribution in [0.4, 0.5) is 5.82 Å². The lowest BCUT2D eigenvalue weighted by Crippen LogP contribution is -2.21. The number of carbonyl (C=O) groups is 1. The van der Waals surface area contributed by atoms with Crippen LogP contribution >= 0.6 is 11.3 Å². The molecule has 0 saturated carbocycles. The van der Waals surface area contributed by atoms with E-state index in [-0.39, 0.29) is 0 Å². The predicted octanol–water partition coefficient (Wildman–Crippen LogP) is 1.96. The quantitative estimate of drug-likeness (QED) is 0.789. The highest BCUT2D eigenvalue weighted by molar-refractivity contribution is 7.09. The molecule has 0 aliphatic carbocycles. The standard InChI is InChI=1S/C12H13N3O2S/c1-15(7-9-4-3-5-18-9)11-10(12(16)17-2)6-13-8-14-11/h3-6,8H,7H2,1-2H3. The lowest BCUT2D eigenvalue weighted by molar-refractivity contribution is 0.0600. The topological polar surface area (TPSA) is 55.3 Å². The Hall–Kier alpha value is -1.95. The minimum Gasteiger partial charge on any atom is -0.465 e. The molecule has 2 aromatic heterocycles. The fourth-order valence-electron chi connectivity index (χ4n) is 1.59. The Morgan fingerprint density at radius 3 is 3.06 bits per heavy atom. The molecule has 0 fully saturated rings. The van der Waals surface area contributed by atoms with Gasteiger partial charge in [-0.1, -0.05) is 6.07 Å². The largest absolute Gasteiger partial charge is 0.465 e. The van der Waals surface area contributed by atoms with Crippen LogP contribution in [0.2, 0.25) is 0 Å². The molecule has 0 aromatic carbocycles. The van der Waals surface area contributed by atoms with Crippen molar-refractivity contribution in [3.05, 3.63) is 40.5 Å². The summed E-state index contributed by atoms with van der Waals surface area (Å²) in [5.41, 5.74) is 0.374. The van der Waals surface area contributed by atoms with Crippen molar-refractivity contribution in [3.8, 4) is 0 Å². The minimum absolute atomic E-state index is 0.374. The van der Waals surface area contributed by atoms with E-state index in [0.29, 0.717) is 17.9 Å². The van der Waals surface area contributed by atoms with Crippen molar-refractivity contribution in [2.75, 3.05) is 19.1 Å². The Kier molecular flexibility index (Phi) is 3.88. The molecule has 0 aliphatic heterocycles. The van der Waals surface area contributed by atoms with Gasteiger partial charge in [0.2, 0.25) is 0 Å². The molecule has 18 heavy (non-hydrogen) atoms. The number of methoxy groups -OCH3 is 1. The SMILES string of the molecule is COC(=O)c1cncnc1N(C)Cc1cccs1. The number of rotatable bonds is 4. The molecule has 2 heterocycles. The maximum absolute atomic E-state index is 11.6. The first-order valence-electron chi connectivity index (χ1n) is 5.34. The van der Waals surface area contributed by atoms with Crippen LogP contribution in [0.3, 0.4) is 0 Å². The summed E-state index contributed by atoms with van der Waals surface area (Å²) in [7, 11) is 3.23. The van der Waals surface area contributed by atoms with Crippen LogP contribution in [-0.4, -0.2) is 30.1 Å². The summed E-state index contributed by atoms with van der Waals surface area (Å²) in [4.78, 5) is 22.7. The molecule has 0 atom stereocenters. The van der Waals surface area contributed by atoms with E-state index in [4.69, 9.17) is 4.74 Å². The third kappa shape index (κ3) is 2.65. The molecule has 94 valence electrons. The van der Waals surface area contributed by atoms with Crippen molar-refractivity contribution < 1.29 is 9.53 Å². The second kappa shape index (κ2) is 5.59. The third-order valence-electron chi connectivity index (χ3n) is 2.43. The van der Waals surface area contributed by atoms with Gasteiger partial charge in [0, 0.05) is 18.1 Å². The summed E-state index contributed by atoms with van der Waals surface area (Å²) in [6.07, 6.45) is 2.89. The fourth-order valence-corrected chi connectivity index (χ4v) is 2.35. The molecule has 0 bridgehead atoms. The number of anilines is 1. The summed E-state index contributed by atoms with van der Waals surface area (Å²) in [5.74, 6) is 0.147. The summed E-state index contributed by atoms with van der Waals surface area (Å²) in [5, 5.41) is 2.02. The maximum Gasteiger partial charge on any atom is 0.343 e. The van der Waals surface area contributed by atoms with Crippen LogP contribution in [0.25, 0.3) is 0 Å². The van der Waals surface area contributed by atoms with Gasteiger partial charge in [0.1, 0.15) is 17.7 Å². The summed E-state index contributed by atoms with van der Waals surface area (Å²) < 4.78 is 4.72. The second-order valence-corrected chi connectivity index (χ2v) is 4.72. The lowest BCUT2D eigenvalue weighted by Gasteiger charge is -2.18. The lowest BCUT2D eigenvalue weighted by atomic mass is 10.3. The van der Waals surface area contributed by atoms with Gasteiger partial charge < -0.3 is 9.64 Å². The fraction of sp³-hybridized carbons (Fsp3) is 0.250. The molecular formula is C12H13N3O2S. The van der Waals surface area contributed by atoms with Crippen molar-refractivity contribution >= 4 is 23.1 Å². The van der Waals surface area contributed by atoms with Crippen LogP contribution < -0.4 is 4.90 Å². The zero-order valence-corrected chi connectivity index (χ0v) is 11.0. The van der Waals surface area contributed by atoms with E-state index in [9.17, 15) is 4.79 Å². The first-order valence-corrected chi connectivity index (χ1v) is 6.22. The monoisotopic (exact) mass is 263 g/mol. The normalized spacial score (nSPS) is 10.1. The molecule has 6 heteroatoms. The van der Waals surface area contributed by atoms with Crippen molar-refractivity contribution in [2.24, 2.45) is 0 Å². The van der Waals surface area contributed by atoms with E-state index >= 15 is 0 Å². The van der Waals surface area contributed by atoms with Crippen LogP contribution in [0.15, 0.2) is 30.0 Å². The minimum atomic E-state index is -0.427. The number of hydrogen-bond donors (Lipinski definition) is 0. The maximum atomic E-state index is 11.6. The van der Waals surface area contributed by atoms with Crippen molar-refractivity contribution in [1.82, 2.24) is 9.97 Å². The summed E-state index contributed by atoms with van der Waals surface area (Å²) in [6.45, 7) is 0.693. The van der Waals surface area contributed by atoms with E-state index < -0.39 is 5.97 Å². The number of hydrogen-bond acceptors (Lipinski definition) is 6. The highest BCUT2D eigenvalue weighted by Crippen LogP contribution is 2.19. The molecule has 5 nitrogen and oxygen atoms in total. The van der Waals surface area contributed by atoms with E-state index in [1.807, 2.05) is 29.5 Å². The number of thiophene rings is 1. The van der Waals surface area contributed by atoms with Crippen LogP contribution in [-0.2, 0) is 11.3 Å². The number of carbonyl (C=O) groups excluding carboxylic acids is 1. The molecule has 0 amide bonds. The van der Waals surface area contributed by atoms with E-state index in [1.165, 1.54) is 24.5 Å². The summed E-state index contributed by atoms with van der Waals surface area (Å²) in [6, 6.07) is 4.04. The Balaban J connectivity index is 2.24. The summed E-state index contributed by atoms with van der Waals surface area (Å²) >= 11 is 1.66. The van der Waals surface area contributed by atoms with Crippen molar-refractivity contribution in [3.63, 3.8) is 0 Å². The van der Waals surface area contributed by atoms with Gasteiger partial charge in [-0.2, -0.15) is 0 Å². The zero-order chi connectivity index (χ0) is 13.0. The Morgan fingerprint density at radius 2 is 2.39 bits per heavy atom. The molecule has 0 radical (unpaired) electrons. The van der Waals surface area contributed by atoms with Gasteiger partial charge in [0.15, 0.2) is 0 Å². The number of aromatic nitrogens is 2. The predicted molar refractivity (Wildman–Crippen MR) is 69.8 cm³/mol. The molecular weight excluding hydrogens is 250 g/mol. The zero-order valence-electron chi connectivity index (χ0n) is 10.2. The van der Waals surface area contributed by atoms with Gasteiger partial charge in [-0.15, -0.1) is 11.3 Å². The van der Waals surface area contributed by atoms with Gasteiger partial charge in [0.25, 0.3) is 0 Å². The van der Waals surface area contributed by atoms with Gasteiger partial charge in [-0.25, -0.2) is 14.8 Å². The Morgan fingerprint density at radius 1 is 1.56 bits per heavy atom. The number of esters is 1. The van der Waals surface area contributed by atoms with Crippen molar-refractivity contribution in [1.29, 1.82) is 0 Å². The molecule has 0 spiro atoms. The smallest absolute Gasteiger partial charge is 0.343 e. The van der Waals surface area contributed by atoms with Gasteiger partial charge >= 0.3 is 5.97 Å². The molecule has 0 saturated heterocycles. The third-order valence-corrected chi connectivity index (χ3v) is 3.29. The van der Waals surface area contributed by atoms with Crippen LogP contribution in [0.5, 0.6) is 0 Å². The molecule has 0 aliphatic rings. The van der Waals surface area contributed by atoms with Gasteiger partial charge in [0.05, 0.1) is 13.7 Å². The average molecular weight is 263 g/mol. The number of nitrogens with zero attached hydrogens (tertiary/aromatic N) is 3. The van der Waals surface area contributed by atoms with Crippen molar-refractivity contribution in [2.45, 2.75) is 6.54 Å². The Bertz CT molecular complexity index is 528. The van der Waals surface area contributed by atoms with E-state index in [2.05, 4.69) is 9.97 Å². The number of ether oxygens (including phenoxy) is 1. The average Bonchev–Trinajstić information content (AvgIpc) is 2.90. The highest BCUT2D eigenvalue weighted by Gasteiger charge is 2.16. The highest BCUT2D eigenvalue weighted by atomic mass is 32.1. The molecule has 2 aromatic rings. The molecule has 2 rings (SSSR count). The van der Waals surface area contributed by atoms with E-state index in [1.54, 1.807) is 11.3 Å². The van der Waals surface area contributed by atoms with Gasteiger partial charge in [-0.05, 0) is 11.4 Å². The molecule has 0 N–H and O–H groups in total.